The number of amides is 2. The fourth-order valence-corrected chi connectivity index (χ4v) is 3.28. The molecule has 6 heteroatoms. The van der Waals surface area contributed by atoms with Crippen LogP contribution in [0.2, 0.25) is 0 Å². The maximum atomic E-state index is 12.5. The summed E-state index contributed by atoms with van der Waals surface area (Å²) in [6.07, 6.45) is -0.00510. The van der Waals surface area contributed by atoms with Gasteiger partial charge >= 0.3 is 6.03 Å². The van der Waals surface area contributed by atoms with Crippen molar-refractivity contribution in [3.63, 3.8) is 0 Å². The molecule has 0 unspecified atom stereocenters. The molecule has 1 fully saturated rings. The lowest BCUT2D eigenvalue weighted by Gasteiger charge is -2.19. The molecule has 2 aromatic carbocycles. The summed E-state index contributed by atoms with van der Waals surface area (Å²) in [6, 6.07) is 14.9. The van der Waals surface area contributed by atoms with E-state index in [9.17, 15) is 4.79 Å². The number of nitrogens with zero attached hydrogens (tertiary/aromatic N) is 1. The summed E-state index contributed by atoms with van der Waals surface area (Å²) >= 11 is 0. The largest absolute Gasteiger partial charge is 0.455 e. The van der Waals surface area contributed by atoms with E-state index < -0.39 is 0 Å². The number of carbonyl (C=O) groups is 1. The van der Waals surface area contributed by atoms with Crippen LogP contribution in [0.25, 0.3) is 0 Å². The monoisotopic (exact) mass is 369 g/mol. The van der Waals surface area contributed by atoms with E-state index in [0.29, 0.717) is 11.4 Å². The number of nitrogens with one attached hydrogen (secondary N) is 2. The molecular formula is C21H27N3O3. The van der Waals surface area contributed by atoms with Crippen molar-refractivity contribution in [1.82, 2.24) is 10.2 Å². The highest BCUT2D eigenvalue weighted by molar-refractivity contribution is 5.91. The Labute approximate surface area is 160 Å². The maximum absolute atomic E-state index is 12.5. The number of hydrogen-bond acceptors (Lipinski definition) is 4. The second-order valence-corrected chi connectivity index (χ2v) is 6.75. The summed E-state index contributed by atoms with van der Waals surface area (Å²) in [4.78, 5) is 14.8. The summed E-state index contributed by atoms with van der Waals surface area (Å²) in [5.74, 6) is 1.33. The number of urea groups is 1. The molecule has 0 aliphatic carbocycles. The molecule has 3 rings (SSSR count). The van der Waals surface area contributed by atoms with Crippen LogP contribution in [0.1, 0.15) is 12.5 Å². The van der Waals surface area contributed by atoms with Gasteiger partial charge in [0.05, 0.1) is 17.8 Å². The molecule has 2 N–H and O–H groups in total. The average molecular weight is 369 g/mol. The molecule has 2 amide bonds. The van der Waals surface area contributed by atoms with Crippen LogP contribution in [0, 0.1) is 6.92 Å². The van der Waals surface area contributed by atoms with E-state index in [4.69, 9.17) is 9.47 Å². The minimum Gasteiger partial charge on any atom is -0.455 e. The van der Waals surface area contributed by atoms with Crippen molar-refractivity contribution in [2.45, 2.75) is 26.0 Å². The minimum atomic E-state index is -0.264. The van der Waals surface area contributed by atoms with Crippen molar-refractivity contribution < 1.29 is 14.3 Å². The quantitative estimate of drug-likeness (QED) is 0.816. The lowest BCUT2D eigenvalue weighted by atomic mass is 10.2. The predicted molar refractivity (Wildman–Crippen MR) is 107 cm³/mol. The average Bonchev–Trinajstić information content (AvgIpc) is 3.05. The third kappa shape index (κ3) is 4.99. The molecule has 0 bridgehead atoms. The summed E-state index contributed by atoms with van der Waals surface area (Å²) in [6.45, 7) is 6.66. The van der Waals surface area contributed by atoms with Crippen LogP contribution in [0.5, 0.6) is 11.5 Å². The Kier molecular flexibility index (Phi) is 6.32. The Morgan fingerprint density at radius 3 is 2.74 bits per heavy atom. The van der Waals surface area contributed by atoms with Gasteiger partial charge in [-0.3, -0.25) is 4.90 Å². The number of methoxy groups -OCH3 is 1. The van der Waals surface area contributed by atoms with Crippen LogP contribution in [0.15, 0.2) is 48.5 Å². The number of aryl methyl sites for hydroxylation is 1. The molecule has 6 nitrogen and oxygen atoms in total. The van der Waals surface area contributed by atoms with Crippen LogP contribution in [0.4, 0.5) is 10.5 Å². The predicted octanol–water partition coefficient (Wildman–Crippen LogP) is 3.63. The Morgan fingerprint density at radius 1 is 1.19 bits per heavy atom. The van der Waals surface area contributed by atoms with Crippen molar-refractivity contribution in [2.24, 2.45) is 0 Å². The molecule has 0 radical (unpaired) electrons. The van der Waals surface area contributed by atoms with Gasteiger partial charge in [-0.1, -0.05) is 31.2 Å². The fourth-order valence-electron chi connectivity index (χ4n) is 3.28. The summed E-state index contributed by atoms with van der Waals surface area (Å²) in [7, 11) is 1.68. The first-order chi connectivity index (χ1) is 13.1. The number of carbonyl (C=O) groups excluding carboxylic acids is 1. The molecule has 1 heterocycles. The van der Waals surface area contributed by atoms with Gasteiger partial charge in [0.2, 0.25) is 0 Å². The smallest absolute Gasteiger partial charge is 0.319 e. The van der Waals surface area contributed by atoms with Crippen molar-refractivity contribution >= 4 is 11.7 Å². The zero-order valence-corrected chi connectivity index (χ0v) is 16.1. The van der Waals surface area contributed by atoms with Crippen molar-refractivity contribution in [3.8, 4) is 11.5 Å². The number of para-hydroxylation sites is 2. The third-order valence-corrected chi connectivity index (χ3v) is 4.76. The first-order valence-corrected chi connectivity index (χ1v) is 9.25. The van der Waals surface area contributed by atoms with E-state index in [1.807, 2.05) is 55.5 Å². The molecule has 0 saturated carbocycles. The Balaban J connectivity index is 1.66. The minimum absolute atomic E-state index is 0.00510. The van der Waals surface area contributed by atoms with Gasteiger partial charge in [-0.05, 0) is 43.3 Å². The van der Waals surface area contributed by atoms with Gasteiger partial charge in [0, 0.05) is 20.2 Å². The van der Waals surface area contributed by atoms with Crippen LogP contribution >= 0.6 is 0 Å². The summed E-state index contributed by atoms with van der Waals surface area (Å²) < 4.78 is 11.5. The van der Waals surface area contributed by atoms with Gasteiger partial charge in [0.15, 0.2) is 5.75 Å². The van der Waals surface area contributed by atoms with Crippen LogP contribution in [-0.4, -0.2) is 49.8 Å². The van der Waals surface area contributed by atoms with E-state index in [1.165, 1.54) is 0 Å². The van der Waals surface area contributed by atoms with Gasteiger partial charge in [-0.15, -0.1) is 0 Å². The highest BCUT2D eigenvalue weighted by Crippen LogP contribution is 2.29. The Morgan fingerprint density at radius 2 is 2.00 bits per heavy atom. The fraction of sp³-hybridized carbons (Fsp3) is 0.381. The number of hydrogen-bond donors (Lipinski definition) is 2. The number of anilines is 1. The van der Waals surface area contributed by atoms with Crippen LogP contribution in [-0.2, 0) is 4.74 Å². The van der Waals surface area contributed by atoms with Crippen LogP contribution in [0.3, 0.4) is 0 Å². The van der Waals surface area contributed by atoms with Gasteiger partial charge < -0.3 is 20.1 Å². The van der Waals surface area contributed by atoms with E-state index in [0.717, 1.165) is 30.9 Å². The maximum Gasteiger partial charge on any atom is 0.319 e. The molecular weight excluding hydrogens is 342 g/mol. The summed E-state index contributed by atoms with van der Waals surface area (Å²) in [5, 5.41) is 5.92. The number of likely N-dealkylation sites (tertiary alicyclic amines) is 1. The number of benzene rings is 2. The lowest BCUT2D eigenvalue weighted by Crippen LogP contribution is -2.45. The highest BCUT2D eigenvalue weighted by Gasteiger charge is 2.33. The van der Waals surface area contributed by atoms with E-state index >= 15 is 0 Å². The summed E-state index contributed by atoms with van der Waals surface area (Å²) in [5.41, 5.74) is 1.74. The van der Waals surface area contributed by atoms with E-state index in [1.54, 1.807) is 7.11 Å². The first kappa shape index (κ1) is 19.2. The second kappa shape index (κ2) is 8.88. The topological polar surface area (TPSA) is 62.8 Å². The molecule has 27 heavy (non-hydrogen) atoms. The van der Waals surface area contributed by atoms with Gasteiger partial charge in [-0.2, -0.15) is 0 Å². The number of rotatable bonds is 6. The molecule has 144 valence electrons. The highest BCUT2D eigenvalue weighted by atomic mass is 16.5. The molecule has 2 atom stereocenters. The van der Waals surface area contributed by atoms with Gasteiger partial charge in [0.1, 0.15) is 5.75 Å². The van der Waals surface area contributed by atoms with Crippen molar-refractivity contribution in [1.29, 1.82) is 0 Å². The van der Waals surface area contributed by atoms with Crippen molar-refractivity contribution in [2.75, 3.05) is 32.1 Å². The molecule has 0 spiro atoms. The van der Waals surface area contributed by atoms with Gasteiger partial charge in [-0.25, -0.2) is 4.79 Å². The Hall–Kier alpha value is -2.57. The molecule has 1 aliphatic rings. The molecule has 1 saturated heterocycles. The normalized spacial score (nSPS) is 19.7. The third-order valence-electron chi connectivity index (χ3n) is 4.76. The molecule has 0 aromatic heterocycles. The zero-order chi connectivity index (χ0) is 19.2. The SMILES string of the molecule is CCN1C[C@H](NC(=O)Nc2ccccc2Oc2cccc(C)c2)[C@@H](OC)C1. The zero-order valence-electron chi connectivity index (χ0n) is 16.1. The molecule has 1 aliphatic heterocycles. The van der Waals surface area contributed by atoms with Gasteiger partial charge in [0.25, 0.3) is 0 Å². The molecule has 2 aromatic rings. The van der Waals surface area contributed by atoms with E-state index in [-0.39, 0.29) is 18.2 Å². The Bertz CT molecular complexity index is 781. The lowest BCUT2D eigenvalue weighted by molar-refractivity contribution is 0.0926. The van der Waals surface area contributed by atoms with Crippen LogP contribution < -0.4 is 15.4 Å². The second-order valence-electron chi connectivity index (χ2n) is 6.75. The number of ether oxygens (including phenoxy) is 2. The standard InChI is InChI=1S/C21H27N3O3/c1-4-24-13-18(20(14-24)26-3)23-21(25)22-17-10-5-6-11-19(17)27-16-9-7-8-15(2)12-16/h5-12,18,20H,4,13-14H2,1-3H3,(H2,22,23,25)/t18-,20-/m0/s1. The van der Waals surface area contributed by atoms with Crippen molar-refractivity contribution in [3.05, 3.63) is 54.1 Å². The first-order valence-electron chi connectivity index (χ1n) is 9.25. The van der Waals surface area contributed by atoms with E-state index in [2.05, 4.69) is 22.5 Å². The number of likely N-dealkylation sites (N-methyl/N-ethyl adjacent to an activating group) is 1.